The number of hydrogen-bond donors (Lipinski definition) is 3. The molecule has 1 heterocycles. The van der Waals surface area contributed by atoms with Gasteiger partial charge >= 0.3 is 0 Å². The van der Waals surface area contributed by atoms with Crippen molar-refractivity contribution in [3.8, 4) is 5.75 Å². The molecule has 8 heteroatoms. The number of nitrogens with zero attached hydrogens (tertiary/aromatic N) is 1. The smallest absolute Gasteiger partial charge is 0.265 e. The van der Waals surface area contributed by atoms with Crippen LogP contribution in [0, 0.1) is 0 Å². The number of nitrogen functional groups attached to an aromatic ring is 1. The van der Waals surface area contributed by atoms with Crippen LogP contribution in [0.1, 0.15) is 0 Å². The summed E-state index contributed by atoms with van der Waals surface area (Å²) in [6, 6.07) is 8.17. The first-order valence-electron chi connectivity index (χ1n) is 5.65. The SMILES string of the molecule is COc1ccccc1NS(=O)(=O)c1cnccc1NN. The second-order valence-corrected chi connectivity index (χ2v) is 5.47. The molecule has 0 unspecified atom stereocenters. The van der Waals surface area contributed by atoms with Crippen LogP contribution in [0.5, 0.6) is 5.75 Å². The summed E-state index contributed by atoms with van der Waals surface area (Å²) in [6.07, 6.45) is 2.66. The third kappa shape index (κ3) is 2.81. The number of methoxy groups -OCH3 is 1. The Morgan fingerprint density at radius 2 is 1.95 bits per heavy atom. The first kappa shape index (κ1) is 14.1. The lowest BCUT2D eigenvalue weighted by molar-refractivity contribution is 0.417. The maximum absolute atomic E-state index is 12.3. The minimum atomic E-state index is -3.82. The molecular formula is C12H14N4O3S. The summed E-state index contributed by atoms with van der Waals surface area (Å²) < 4.78 is 32.2. The number of nitrogens with one attached hydrogen (secondary N) is 2. The third-order valence-electron chi connectivity index (χ3n) is 2.58. The van der Waals surface area contributed by atoms with Crippen molar-refractivity contribution in [1.82, 2.24) is 4.98 Å². The van der Waals surface area contributed by atoms with Gasteiger partial charge in [0.15, 0.2) is 0 Å². The zero-order valence-electron chi connectivity index (χ0n) is 10.7. The van der Waals surface area contributed by atoms with Gasteiger partial charge in [-0.2, -0.15) is 0 Å². The zero-order chi connectivity index (χ0) is 14.6. The van der Waals surface area contributed by atoms with Crippen LogP contribution in [0.2, 0.25) is 0 Å². The summed E-state index contributed by atoms with van der Waals surface area (Å²) in [5.74, 6) is 5.72. The van der Waals surface area contributed by atoms with Gasteiger partial charge in [0.25, 0.3) is 10.0 Å². The fourth-order valence-electron chi connectivity index (χ4n) is 1.64. The molecule has 0 saturated heterocycles. The first-order chi connectivity index (χ1) is 9.58. The Balaban J connectivity index is 2.41. The number of aromatic nitrogens is 1. The highest BCUT2D eigenvalue weighted by atomic mass is 32.2. The van der Waals surface area contributed by atoms with Gasteiger partial charge in [-0.1, -0.05) is 12.1 Å². The van der Waals surface area contributed by atoms with Crippen LogP contribution >= 0.6 is 0 Å². The molecule has 7 nitrogen and oxygen atoms in total. The second-order valence-electron chi connectivity index (χ2n) is 3.82. The molecule has 0 radical (unpaired) electrons. The maximum Gasteiger partial charge on any atom is 0.265 e. The van der Waals surface area contributed by atoms with E-state index in [1.54, 1.807) is 24.3 Å². The topological polar surface area (TPSA) is 106 Å². The number of hydrogen-bond acceptors (Lipinski definition) is 6. The molecule has 0 aliphatic heterocycles. The molecule has 0 bridgehead atoms. The molecule has 4 N–H and O–H groups in total. The van der Waals surface area contributed by atoms with E-state index in [0.29, 0.717) is 11.4 Å². The van der Waals surface area contributed by atoms with E-state index in [1.807, 2.05) is 0 Å². The van der Waals surface area contributed by atoms with Crippen molar-refractivity contribution in [2.75, 3.05) is 17.3 Å². The highest BCUT2D eigenvalue weighted by molar-refractivity contribution is 7.92. The number of anilines is 2. The molecule has 20 heavy (non-hydrogen) atoms. The number of rotatable bonds is 5. The maximum atomic E-state index is 12.3. The molecule has 0 aliphatic carbocycles. The number of ether oxygens (including phenoxy) is 1. The largest absolute Gasteiger partial charge is 0.495 e. The van der Waals surface area contributed by atoms with E-state index in [9.17, 15) is 8.42 Å². The molecular weight excluding hydrogens is 280 g/mol. The lowest BCUT2D eigenvalue weighted by atomic mass is 10.3. The minimum Gasteiger partial charge on any atom is -0.495 e. The molecule has 2 rings (SSSR count). The van der Waals surface area contributed by atoms with Crippen LogP contribution in [0.25, 0.3) is 0 Å². The van der Waals surface area contributed by atoms with E-state index in [0.717, 1.165) is 0 Å². The number of pyridine rings is 1. The van der Waals surface area contributed by atoms with Gasteiger partial charge in [-0.25, -0.2) is 8.42 Å². The first-order valence-corrected chi connectivity index (χ1v) is 7.13. The monoisotopic (exact) mass is 294 g/mol. The highest BCUT2D eigenvalue weighted by Crippen LogP contribution is 2.27. The van der Waals surface area contributed by atoms with Crippen LogP contribution in [0.15, 0.2) is 47.6 Å². The van der Waals surface area contributed by atoms with E-state index in [4.69, 9.17) is 10.6 Å². The zero-order valence-corrected chi connectivity index (χ0v) is 11.5. The molecule has 0 fully saturated rings. The van der Waals surface area contributed by atoms with E-state index in [1.165, 1.54) is 25.6 Å². The van der Waals surface area contributed by atoms with Crippen LogP contribution in [0.4, 0.5) is 11.4 Å². The van der Waals surface area contributed by atoms with Crippen LogP contribution in [-0.2, 0) is 10.0 Å². The average molecular weight is 294 g/mol. The summed E-state index contributed by atoms with van der Waals surface area (Å²) in [7, 11) is -2.36. The fourth-order valence-corrected chi connectivity index (χ4v) is 2.83. The molecule has 0 amide bonds. The Bertz CT molecular complexity index is 703. The van der Waals surface area contributed by atoms with Crippen molar-refractivity contribution in [3.63, 3.8) is 0 Å². The van der Waals surface area contributed by atoms with Crippen molar-refractivity contribution < 1.29 is 13.2 Å². The Morgan fingerprint density at radius 3 is 2.65 bits per heavy atom. The predicted octanol–water partition coefficient (Wildman–Crippen LogP) is 1.18. The van der Waals surface area contributed by atoms with Crippen molar-refractivity contribution in [1.29, 1.82) is 0 Å². The fraction of sp³-hybridized carbons (Fsp3) is 0.0833. The molecule has 106 valence electrons. The van der Waals surface area contributed by atoms with Crippen molar-refractivity contribution in [2.24, 2.45) is 5.84 Å². The Hall–Kier alpha value is -2.32. The van der Waals surface area contributed by atoms with Gasteiger partial charge in [0, 0.05) is 12.4 Å². The van der Waals surface area contributed by atoms with Crippen LogP contribution < -0.4 is 20.7 Å². The Labute approximate surface area is 116 Å². The predicted molar refractivity (Wildman–Crippen MR) is 75.8 cm³/mol. The molecule has 2 aromatic rings. The van der Waals surface area contributed by atoms with Crippen LogP contribution in [-0.4, -0.2) is 20.5 Å². The van der Waals surface area contributed by atoms with E-state index in [2.05, 4.69) is 15.1 Å². The molecule has 1 aromatic heterocycles. The summed E-state index contributed by atoms with van der Waals surface area (Å²) in [5.41, 5.74) is 2.91. The molecule has 1 aromatic carbocycles. The quantitative estimate of drug-likeness (QED) is 0.564. The lowest BCUT2D eigenvalue weighted by Gasteiger charge is -2.13. The van der Waals surface area contributed by atoms with Gasteiger partial charge in [-0.3, -0.25) is 15.5 Å². The number of benzene rings is 1. The van der Waals surface area contributed by atoms with Crippen LogP contribution in [0.3, 0.4) is 0 Å². The van der Waals surface area contributed by atoms with E-state index < -0.39 is 10.0 Å². The average Bonchev–Trinajstić information content (AvgIpc) is 2.47. The van der Waals surface area contributed by atoms with Gasteiger partial charge in [0.1, 0.15) is 10.6 Å². The Kier molecular flexibility index (Phi) is 4.06. The summed E-state index contributed by atoms with van der Waals surface area (Å²) >= 11 is 0. The molecule has 0 spiro atoms. The van der Waals surface area contributed by atoms with Gasteiger partial charge in [0.05, 0.1) is 18.5 Å². The summed E-state index contributed by atoms with van der Waals surface area (Å²) in [5, 5.41) is 0. The molecule has 0 atom stereocenters. The van der Waals surface area contributed by atoms with Gasteiger partial charge in [-0.05, 0) is 18.2 Å². The number of nitrogens with two attached hydrogens (primary N) is 1. The Morgan fingerprint density at radius 1 is 1.20 bits per heavy atom. The van der Waals surface area contributed by atoms with E-state index >= 15 is 0 Å². The van der Waals surface area contributed by atoms with Gasteiger partial charge in [-0.15, -0.1) is 0 Å². The molecule has 0 aliphatic rings. The van der Waals surface area contributed by atoms with Crippen molar-refractivity contribution in [2.45, 2.75) is 4.90 Å². The van der Waals surface area contributed by atoms with Gasteiger partial charge < -0.3 is 10.2 Å². The van der Waals surface area contributed by atoms with Crippen molar-refractivity contribution in [3.05, 3.63) is 42.7 Å². The number of para-hydroxylation sites is 2. The lowest BCUT2D eigenvalue weighted by Crippen LogP contribution is -2.18. The third-order valence-corrected chi connectivity index (χ3v) is 3.97. The summed E-state index contributed by atoms with van der Waals surface area (Å²) in [4.78, 5) is 3.75. The normalized spacial score (nSPS) is 10.9. The number of sulfonamides is 1. The second kappa shape index (κ2) is 5.76. The number of hydrazine groups is 1. The van der Waals surface area contributed by atoms with E-state index in [-0.39, 0.29) is 10.6 Å². The van der Waals surface area contributed by atoms with Crippen molar-refractivity contribution >= 4 is 21.4 Å². The summed E-state index contributed by atoms with van der Waals surface area (Å²) in [6.45, 7) is 0. The molecule has 0 saturated carbocycles. The van der Waals surface area contributed by atoms with Gasteiger partial charge in [0.2, 0.25) is 0 Å². The standard InChI is InChI=1S/C12H14N4O3S/c1-19-11-5-3-2-4-9(11)16-20(17,18)12-8-14-7-6-10(12)15-13/h2-8,16H,13H2,1H3,(H,14,15). The minimum absolute atomic E-state index is 0.0478. The highest BCUT2D eigenvalue weighted by Gasteiger charge is 2.20.